The second kappa shape index (κ2) is 39.6. The average Bonchev–Trinajstić information content (AvgIpc) is 3.17. The van der Waals surface area contributed by atoms with E-state index in [1.807, 2.05) is 0 Å². The summed E-state index contributed by atoms with van der Waals surface area (Å²) in [5, 5.41) is 18.3. The van der Waals surface area contributed by atoms with Gasteiger partial charge in [-0.2, -0.15) is 0 Å². The predicted molar refractivity (Wildman–Crippen MR) is 223 cm³/mol. The van der Waals surface area contributed by atoms with Crippen molar-refractivity contribution in [2.24, 2.45) is 0 Å². The van der Waals surface area contributed by atoms with E-state index < -0.39 is 51.8 Å². The Hall–Kier alpha value is -2.59. The zero-order chi connectivity index (χ0) is 40.5. The van der Waals surface area contributed by atoms with Crippen LogP contribution in [-0.2, 0) is 32.7 Å². The Kier molecular flexibility index (Phi) is 37.8. The summed E-state index contributed by atoms with van der Waals surface area (Å²) in [6.45, 7) is 2.18. The molecule has 0 fully saturated rings. The van der Waals surface area contributed by atoms with E-state index >= 15 is 0 Å². The van der Waals surface area contributed by atoms with Crippen LogP contribution in [0.1, 0.15) is 155 Å². The van der Waals surface area contributed by atoms with Crippen molar-refractivity contribution in [3.8, 4) is 0 Å². The molecule has 0 bridgehead atoms. The van der Waals surface area contributed by atoms with Crippen LogP contribution in [0, 0.1) is 0 Å². The highest BCUT2D eigenvalue weighted by Gasteiger charge is 2.27. The van der Waals surface area contributed by atoms with E-state index in [0.717, 1.165) is 89.9 Å². The fourth-order valence-corrected chi connectivity index (χ4v) is 5.92. The topological polar surface area (TPSA) is 149 Å². The molecule has 0 aromatic carbocycles. The van der Waals surface area contributed by atoms with Gasteiger partial charge in [-0.3, -0.25) is 18.6 Å². The second-order valence-corrected chi connectivity index (χ2v) is 15.1. The van der Waals surface area contributed by atoms with Crippen molar-refractivity contribution in [2.75, 3.05) is 26.4 Å². The molecule has 10 nitrogen and oxygen atoms in total. The molecule has 55 heavy (non-hydrogen) atoms. The van der Waals surface area contributed by atoms with Gasteiger partial charge in [0, 0.05) is 12.8 Å². The van der Waals surface area contributed by atoms with E-state index in [-0.39, 0.29) is 19.4 Å². The van der Waals surface area contributed by atoms with Crippen molar-refractivity contribution >= 4 is 19.8 Å². The molecule has 3 atom stereocenters. The van der Waals surface area contributed by atoms with Gasteiger partial charge in [-0.15, -0.1) is 0 Å². The number of rotatable bonds is 38. The quantitative estimate of drug-likeness (QED) is 0.0239. The first-order valence-electron chi connectivity index (χ1n) is 20.9. The largest absolute Gasteiger partial charge is 0.472 e. The van der Waals surface area contributed by atoms with Crippen molar-refractivity contribution in [3.05, 3.63) is 72.9 Å². The lowest BCUT2D eigenvalue weighted by atomic mass is 10.1. The van der Waals surface area contributed by atoms with Crippen LogP contribution in [0.5, 0.6) is 0 Å². The van der Waals surface area contributed by atoms with Crippen molar-refractivity contribution < 1.29 is 47.8 Å². The number of carbonyl (C=O) groups excluding carboxylic acids is 2. The lowest BCUT2D eigenvalue weighted by Gasteiger charge is -2.20. The minimum atomic E-state index is -4.63. The zero-order valence-corrected chi connectivity index (χ0v) is 35.0. The third-order valence-electron chi connectivity index (χ3n) is 8.34. The number of ether oxygens (including phenoxy) is 2. The van der Waals surface area contributed by atoms with Crippen molar-refractivity contribution in [3.63, 3.8) is 0 Å². The summed E-state index contributed by atoms with van der Waals surface area (Å²) in [4.78, 5) is 34.9. The fraction of sp³-hybridized carbons (Fsp3) is 0.682. The maximum Gasteiger partial charge on any atom is 0.472 e. The maximum absolute atomic E-state index is 12.6. The van der Waals surface area contributed by atoms with Crippen molar-refractivity contribution in [1.29, 1.82) is 0 Å². The number of carbonyl (C=O) groups is 2. The van der Waals surface area contributed by atoms with Gasteiger partial charge in [0.2, 0.25) is 0 Å². The predicted octanol–water partition coefficient (Wildman–Crippen LogP) is 10.9. The van der Waals surface area contributed by atoms with E-state index in [1.165, 1.54) is 25.7 Å². The van der Waals surface area contributed by atoms with E-state index in [9.17, 15) is 24.2 Å². The van der Waals surface area contributed by atoms with Crippen LogP contribution in [0.2, 0.25) is 0 Å². The molecule has 0 aromatic rings. The van der Waals surface area contributed by atoms with Gasteiger partial charge >= 0.3 is 19.8 Å². The van der Waals surface area contributed by atoms with E-state index in [1.54, 1.807) is 0 Å². The van der Waals surface area contributed by atoms with Crippen LogP contribution in [0.3, 0.4) is 0 Å². The minimum absolute atomic E-state index is 0.140. The fourth-order valence-electron chi connectivity index (χ4n) is 5.13. The van der Waals surface area contributed by atoms with Crippen LogP contribution in [0.15, 0.2) is 72.9 Å². The van der Waals surface area contributed by atoms with Gasteiger partial charge in [-0.05, 0) is 83.5 Å². The lowest BCUT2D eigenvalue weighted by molar-refractivity contribution is -0.161. The van der Waals surface area contributed by atoms with Gasteiger partial charge in [0.25, 0.3) is 0 Å². The summed E-state index contributed by atoms with van der Waals surface area (Å²) in [6, 6.07) is 0. The number of allylic oxidation sites excluding steroid dienone is 12. The summed E-state index contributed by atoms with van der Waals surface area (Å²) in [6.07, 6.45) is 44.4. The third kappa shape index (κ3) is 39.4. The van der Waals surface area contributed by atoms with Gasteiger partial charge in [0.1, 0.15) is 12.7 Å². The number of esters is 2. The number of hydrogen-bond acceptors (Lipinski definition) is 9. The SMILES string of the molecule is CC/C=C/C/C=C/C/C=C/C/C=C/C/C=C/CCCCCC(=O)O[C@H](COC(=O)CCCCCCC/C=C/CCCCCC)COP(=O)(O)OC[C@@H](O)CO. The van der Waals surface area contributed by atoms with E-state index in [4.69, 9.17) is 19.1 Å². The summed E-state index contributed by atoms with van der Waals surface area (Å²) >= 11 is 0. The molecular weight excluding hydrogens is 719 g/mol. The van der Waals surface area contributed by atoms with Crippen molar-refractivity contribution in [1.82, 2.24) is 0 Å². The summed E-state index contributed by atoms with van der Waals surface area (Å²) in [7, 11) is -4.63. The number of phosphoric ester groups is 1. The van der Waals surface area contributed by atoms with Gasteiger partial charge in [-0.25, -0.2) is 4.57 Å². The standard InChI is InChI=1S/C44H75O10P/c1-3-5-7-9-11-13-15-17-18-19-20-21-22-24-26-28-30-32-34-36-44(48)54-42(40-53-55(49,50)52-38-41(46)37-45)39-51-43(47)35-33-31-29-27-25-23-16-14-12-10-8-6-4-2/h5,7,11,13-14,16-18,20-21,24,26,41-42,45-46H,3-4,6,8-10,12,15,19,22-23,25,27-40H2,1-2H3,(H,49,50)/b7-5+,13-11+,16-14+,18-17+,21-20+,26-24+/t41-,42+/m0/s1. The number of aliphatic hydroxyl groups is 2. The molecule has 0 amide bonds. The van der Waals surface area contributed by atoms with Crippen LogP contribution in [0.25, 0.3) is 0 Å². The normalized spacial score (nSPS) is 14.6. The first-order valence-corrected chi connectivity index (χ1v) is 22.4. The monoisotopic (exact) mass is 795 g/mol. The number of aliphatic hydroxyl groups excluding tert-OH is 2. The molecule has 0 aliphatic heterocycles. The van der Waals surface area contributed by atoms with Crippen LogP contribution < -0.4 is 0 Å². The Bertz CT molecular complexity index is 1140. The van der Waals surface area contributed by atoms with Gasteiger partial charge in [0.05, 0.1) is 19.8 Å². The summed E-state index contributed by atoms with van der Waals surface area (Å²) < 4.78 is 32.6. The molecule has 0 rings (SSSR count). The molecule has 0 saturated carbocycles. The highest BCUT2D eigenvalue weighted by Crippen LogP contribution is 2.43. The smallest absolute Gasteiger partial charge is 0.462 e. The molecule has 1 unspecified atom stereocenters. The summed E-state index contributed by atoms with van der Waals surface area (Å²) in [5.74, 6) is -0.980. The van der Waals surface area contributed by atoms with E-state index in [0.29, 0.717) is 12.8 Å². The molecule has 11 heteroatoms. The Morgan fingerprint density at radius 2 is 1.00 bits per heavy atom. The van der Waals surface area contributed by atoms with Gasteiger partial charge in [0.15, 0.2) is 6.10 Å². The van der Waals surface area contributed by atoms with Crippen LogP contribution in [-0.4, -0.2) is 65.7 Å². The zero-order valence-electron chi connectivity index (χ0n) is 34.1. The lowest BCUT2D eigenvalue weighted by Crippen LogP contribution is -2.29. The average molecular weight is 795 g/mol. The van der Waals surface area contributed by atoms with Gasteiger partial charge < -0.3 is 24.6 Å². The molecule has 0 heterocycles. The first kappa shape index (κ1) is 52.4. The van der Waals surface area contributed by atoms with Crippen LogP contribution >= 0.6 is 7.82 Å². The first-order chi connectivity index (χ1) is 26.7. The Balaban J connectivity index is 4.41. The number of unbranched alkanes of at least 4 members (excludes halogenated alkanes) is 12. The number of hydrogen-bond donors (Lipinski definition) is 3. The molecule has 0 aliphatic carbocycles. The Morgan fingerprint density at radius 3 is 1.55 bits per heavy atom. The molecule has 0 aliphatic rings. The summed E-state index contributed by atoms with van der Waals surface area (Å²) in [5.41, 5.74) is 0. The third-order valence-corrected chi connectivity index (χ3v) is 9.30. The highest BCUT2D eigenvalue weighted by atomic mass is 31.2. The molecule has 0 saturated heterocycles. The molecule has 316 valence electrons. The molecular formula is C44H75O10P. The minimum Gasteiger partial charge on any atom is -0.462 e. The second-order valence-electron chi connectivity index (χ2n) is 13.6. The number of phosphoric acid groups is 1. The molecule has 0 aromatic heterocycles. The van der Waals surface area contributed by atoms with Crippen molar-refractivity contribution in [2.45, 2.75) is 167 Å². The van der Waals surface area contributed by atoms with Gasteiger partial charge in [-0.1, -0.05) is 132 Å². The van der Waals surface area contributed by atoms with Crippen LogP contribution in [0.4, 0.5) is 0 Å². The highest BCUT2D eigenvalue weighted by molar-refractivity contribution is 7.47. The molecule has 0 spiro atoms. The Labute approximate surface area is 333 Å². The molecule has 0 radical (unpaired) electrons. The Morgan fingerprint density at radius 1 is 0.564 bits per heavy atom. The maximum atomic E-state index is 12.6. The van der Waals surface area contributed by atoms with E-state index in [2.05, 4.69) is 91.3 Å². The molecule has 3 N–H and O–H groups in total.